The molecule has 0 radical (unpaired) electrons. The second-order valence-corrected chi connectivity index (χ2v) is 7.17. The number of nitrogens with zero attached hydrogens (tertiary/aromatic N) is 4. The fraction of sp³-hybridized carbons (Fsp3) is 0.765. The summed E-state index contributed by atoms with van der Waals surface area (Å²) < 4.78 is 1.97. The zero-order valence-corrected chi connectivity index (χ0v) is 16.8. The molecule has 144 valence electrons. The van der Waals surface area contributed by atoms with Crippen molar-refractivity contribution in [3.8, 4) is 0 Å². The van der Waals surface area contributed by atoms with Crippen LogP contribution in [-0.2, 0) is 0 Å². The van der Waals surface area contributed by atoms with Crippen LogP contribution in [0.2, 0.25) is 0 Å². The Morgan fingerprint density at radius 3 is 2.60 bits per heavy atom. The van der Waals surface area contributed by atoms with Gasteiger partial charge in [0.25, 0.3) is 5.91 Å². The topological polar surface area (TPSA) is 53.4 Å². The molecule has 2 aliphatic rings. The third-order valence-corrected chi connectivity index (χ3v) is 4.76. The number of hydrogen-bond acceptors (Lipinski definition) is 4. The highest BCUT2D eigenvalue weighted by Gasteiger charge is 2.25. The van der Waals surface area contributed by atoms with Crippen LogP contribution in [0.1, 0.15) is 43.2 Å². The van der Waals surface area contributed by atoms with Crippen molar-refractivity contribution in [1.29, 1.82) is 0 Å². The summed E-state index contributed by atoms with van der Waals surface area (Å²) in [4.78, 5) is 17.0. The van der Waals surface area contributed by atoms with Crippen molar-refractivity contribution >= 4 is 30.7 Å². The first kappa shape index (κ1) is 22.2. The fourth-order valence-electron chi connectivity index (χ4n) is 3.53. The van der Waals surface area contributed by atoms with E-state index in [1.54, 1.807) is 0 Å². The highest BCUT2D eigenvalue weighted by atomic mass is 35.5. The Labute approximate surface area is 163 Å². The second-order valence-electron chi connectivity index (χ2n) is 7.17. The normalized spacial score (nSPS) is 21.6. The van der Waals surface area contributed by atoms with Crippen LogP contribution in [0.5, 0.6) is 0 Å². The van der Waals surface area contributed by atoms with E-state index in [1.165, 1.54) is 6.42 Å². The van der Waals surface area contributed by atoms with E-state index >= 15 is 0 Å². The average Bonchev–Trinajstić information content (AvgIpc) is 3.05. The molecule has 0 aliphatic carbocycles. The lowest BCUT2D eigenvalue weighted by atomic mass is 10.1. The Morgan fingerprint density at radius 1 is 1.28 bits per heavy atom. The maximum atomic E-state index is 12.6. The van der Waals surface area contributed by atoms with E-state index in [1.807, 2.05) is 21.8 Å². The van der Waals surface area contributed by atoms with Crippen molar-refractivity contribution in [2.45, 2.75) is 32.7 Å². The molecule has 0 saturated carbocycles. The molecule has 2 aliphatic heterocycles. The minimum Gasteiger partial charge on any atom is -0.335 e. The highest BCUT2D eigenvalue weighted by Crippen LogP contribution is 2.16. The molecule has 3 heterocycles. The van der Waals surface area contributed by atoms with Gasteiger partial charge in [0.1, 0.15) is 5.69 Å². The first-order chi connectivity index (χ1) is 11.1. The molecule has 1 atom stereocenters. The summed E-state index contributed by atoms with van der Waals surface area (Å²) in [5.74, 6) is 0.758. The van der Waals surface area contributed by atoms with Gasteiger partial charge in [0, 0.05) is 45.5 Å². The van der Waals surface area contributed by atoms with Crippen LogP contribution in [0.25, 0.3) is 0 Å². The third kappa shape index (κ3) is 5.84. The Balaban J connectivity index is 0.00000156. The van der Waals surface area contributed by atoms with E-state index in [2.05, 4.69) is 29.2 Å². The van der Waals surface area contributed by atoms with Crippen molar-refractivity contribution < 1.29 is 4.79 Å². The fourth-order valence-corrected chi connectivity index (χ4v) is 3.53. The number of carbonyl (C=O) groups is 1. The van der Waals surface area contributed by atoms with Gasteiger partial charge < -0.3 is 10.2 Å². The van der Waals surface area contributed by atoms with Crippen LogP contribution in [0.15, 0.2) is 12.3 Å². The quantitative estimate of drug-likeness (QED) is 0.853. The maximum Gasteiger partial charge on any atom is 0.274 e. The van der Waals surface area contributed by atoms with Gasteiger partial charge in [-0.3, -0.25) is 14.4 Å². The van der Waals surface area contributed by atoms with Gasteiger partial charge in [-0.1, -0.05) is 13.8 Å². The van der Waals surface area contributed by atoms with E-state index in [0.717, 1.165) is 52.2 Å². The summed E-state index contributed by atoms with van der Waals surface area (Å²) in [6, 6.07) is 2.26. The lowest BCUT2D eigenvalue weighted by Crippen LogP contribution is -2.49. The summed E-state index contributed by atoms with van der Waals surface area (Å²) >= 11 is 0. The number of piperazine rings is 1. The molecule has 3 rings (SSSR count). The number of amides is 1. The standard InChI is InChI=1S/C17H29N5O.2ClH/c1-14(2)13-20-8-10-21(11-9-20)17(23)16-5-7-22(19-16)15-4-3-6-18-12-15;;/h5,7,14-15,18H,3-4,6,8-13H2,1-2H3;2*1H. The van der Waals surface area contributed by atoms with Gasteiger partial charge >= 0.3 is 0 Å². The van der Waals surface area contributed by atoms with Gasteiger partial charge in [0.2, 0.25) is 0 Å². The lowest BCUT2D eigenvalue weighted by Gasteiger charge is -2.35. The van der Waals surface area contributed by atoms with Crippen molar-refractivity contribution in [1.82, 2.24) is 24.9 Å². The molecule has 25 heavy (non-hydrogen) atoms. The number of aromatic nitrogens is 2. The first-order valence-corrected chi connectivity index (χ1v) is 8.91. The van der Waals surface area contributed by atoms with Crippen LogP contribution in [-0.4, -0.2) is 71.3 Å². The second kappa shape index (κ2) is 10.4. The minimum atomic E-state index is 0. The average molecular weight is 392 g/mol. The SMILES string of the molecule is CC(C)CN1CCN(C(=O)c2ccn(C3CCCNC3)n2)CC1.Cl.Cl. The largest absolute Gasteiger partial charge is 0.335 e. The molecule has 0 aromatic carbocycles. The van der Waals surface area contributed by atoms with Crippen LogP contribution < -0.4 is 5.32 Å². The minimum absolute atomic E-state index is 0. The first-order valence-electron chi connectivity index (χ1n) is 8.91. The predicted octanol–water partition coefficient (Wildman–Crippen LogP) is 2.07. The molecular formula is C17H31Cl2N5O. The van der Waals surface area contributed by atoms with Crippen LogP contribution in [0.3, 0.4) is 0 Å². The Morgan fingerprint density at radius 2 is 2.00 bits per heavy atom. The van der Waals surface area contributed by atoms with Gasteiger partial charge in [0.15, 0.2) is 0 Å². The lowest BCUT2D eigenvalue weighted by molar-refractivity contribution is 0.0616. The van der Waals surface area contributed by atoms with E-state index in [9.17, 15) is 4.79 Å². The molecule has 1 aromatic heterocycles. The van der Waals surface area contributed by atoms with Gasteiger partial charge in [-0.2, -0.15) is 5.10 Å². The summed E-state index contributed by atoms with van der Waals surface area (Å²) in [5.41, 5.74) is 0.591. The molecule has 2 fully saturated rings. The zero-order valence-electron chi connectivity index (χ0n) is 15.2. The summed E-state index contributed by atoms with van der Waals surface area (Å²) in [6.45, 7) is 11.2. The smallest absolute Gasteiger partial charge is 0.274 e. The number of piperidine rings is 1. The predicted molar refractivity (Wildman–Crippen MR) is 105 cm³/mol. The molecule has 0 bridgehead atoms. The molecule has 1 amide bonds. The Hall–Kier alpha value is -0.820. The van der Waals surface area contributed by atoms with Crippen molar-refractivity contribution in [3.63, 3.8) is 0 Å². The molecule has 2 saturated heterocycles. The number of rotatable bonds is 4. The summed E-state index contributed by atoms with van der Waals surface area (Å²) in [7, 11) is 0. The maximum absolute atomic E-state index is 12.6. The molecular weight excluding hydrogens is 361 g/mol. The van der Waals surface area contributed by atoms with Crippen LogP contribution in [0, 0.1) is 5.92 Å². The number of halogens is 2. The molecule has 6 nitrogen and oxygen atoms in total. The summed E-state index contributed by atoms with van der Waals surface area (Å²) in [5, 5.41) is 7.94. The van der Waals surface area contributed by atoms with E-state index in [4.69, 9.17) is 0 Å². The van der Waals surface area contributed by atoms with E-state index < -0.39 is 0 Å². The van der Waals surface area contributed by atoms with Gasteiger partial charge in [-0.25, -0.2) is 0 Å². The van der Waals surface area contributed by atoms with Crippen molar-refractivity contribution in [3.05, 3.63) is 18.0 Å². The molecule has 1 unspecified atom stereocenters. The van der Waals surface area contributed by atoms with Crippen molar-refractivity contribution in [2.24, 2.45) is 5.92 Å². The van der Waals surface area contributed by atoms with Gasteiger partial charge in [-0.15, -0.1) is 24.8 Å². The molecule has 8 heteroatoms. The summed E-state index contributed by atoms with van der Waals surface area (Å²) in [6.07, 6.45) is 4.27. The Bertz CT molecular complexity index is 523. The van der Waals surface area contributed by atoms with Gasteiger partial charge in [0.05, 0.1) is 6.04 Å². The van der Waals surface area contributed by atoms with Crippen LogP contribution >= 0.6 is 24.8 Å². The van der Waals surface area contributed by atoms with Crippen molar-refractivity contribution in [2.75, 3.05) is 45.8 Å². The number of carbonyl (C=O) groups excluding carboxylic acids is 1. The number of nitrogens with one attached hydrogen (secondary N) is 1. The molecule has 1 aromatic rings. The zero-order chi connectivity index (χ0) is 16.2. The van der Waals surface area contributed by atoms with Crippen LogP contribution in [0.4, 0.5) is 0 Å². The molecule has 1 N–H and O–H groups in total. The molecule has 0 spiro atoms. The van der Waals surface area contributed by atoms with E-state index in [0.29, 0.717) is 17.7 Å². The van der Waals surface area contributed by atoms with E-state index in [-0.39, 0.29) is 30.7 Å². The third-order valence-electron chi connectivity index (χ3n) is 4.76. The number of hydrogen-bond donors (Lipinski definition) is 1. The monoisotopic (exact) mass is 391 g/mol. The highest BCUT2D eigenvalue weighted by molar-refractivity contribution is 5.92. The van der Waals surface area contributed by atoms with Gasteiger partial charge in [-0.05, 0) is 31.4 Å². The Kier molecular flexibility index (Phi) is 9.21.